The molecule has 0 saturated carbocycles. The molecule has 0 saturated heterocycles. The maximum Gasteiger partial charge on any atom is 0.131 e. The summed E-state index contributed by atoms with van der Waals surface area (Å²) in [6.45, 7) is 0. The number of hydrogen-bond donors (Lipinski definition) is 0. The van der Waals surface area contributed by atoms with Crippen molar-refractivity contribution in [1.82, 2.24) is 4.98 Å². The molecule has 1 heterocycles. The molecule has 0 fully saturated rings. The van der Waals surface area contributed by atoms with Gasteiger partial charge in [-0.05, 0) is 29.8 Å². The highest BCUT2D eigenvalue weighted by atomic mass is 19.1. The molecule has 1 nitrogen and oxygen atoms in total. The molecular formula is C17H12FN. The van der Waals surface area contributed by atoms with Crippen molar-refractivity contribution in [2.24, 2.45) is 0 Å². The first-order chi connectivity index (χ1) is 9.34. The molecule has 0 amide bonds. The van der Waals surface area contributed by atoms with Crippen molar-refractivity contribution in [2.75, 3.05) is 0 Å². The summed E-state index contributed by atoms with van der Waals surface area (Å²) in [6.07, 6.45) is 1.76. The summed E-state index contributed by atoms with van der Waals surface area (Å²) in [6, 6.07) is 20.3. The van der Waals surface area contributed by atoms with Crippen molar-refractivity contribution in [1.29, 1.82) is 0 Å². The van der Waals surface area contributed by atoms with Crippen LogP contribution in [0.2, 0.25) is 0 Å². The van der Waals surface area contributed by atoms with Crippen LogP contribution in [0, 0.1) is 5.82 Å². The van der Waals surface area contributed by atoms with Gasteiger partial charge in [-0.3, -0.25) is 4.98 Å². The van der Waals surface area contributed by atoms with Crippen LogP contribution in [0.1, 0.15) is 0 Å². The van der Waals surface area contributed by atoms with E-state index in [1.807, 2.05) is 48.5 Å². The van der Waals surface area contributed by atoms with E-state index in [-0.39, 0.29) is 5.82 Å². The molecule has 3 rings (SSSR count). The third-order valence-corrected chi connectivity index (χ3v) is 3.01. The van der Waals surface area contributed by atoms with Crippen molar-refractivity contribution in [3.05, 3.63) is 78.7 Å². The number of benzene rings is 2. The Kier molecular flexibility index (Phi) is 3.07. The Morgan fingerprint density at radius 2 is 1.53 bits per heavy atom. The van der Waals surface area contributed by atoms with Gasteiger partial charge in [0, 0.05) is 17.3 Å². The lowest BCUT2D eigenvalue weighted by Gasteiger charge is -2.06. The average molecular weight is 249 g/mol. The van der Waals surface area contributed by atoms with Crippen LogP contribution < -0.4 is 0 Å². The Balaban J connectivity index is 2.09. The summed E-state index contributed by atoms with van der Waals surface area (Å²) in [7, 11) is 0. The Morgan fingerprint density at radius 3 is 2.32 bits per heavy atom. The van der Waals surface area contributed by atoms with Crippen molar-refractivity contribution in [3.8, 4) is 22.4 Å². The van der Waals surface area contributed by atoms with Gasteiger partial charge in [0.25, 0.3) is 0 Å². The van der Waals surface area contributed by atoms with Crippen LogP contribution in [0.5, 0.6) is 0 Å². The molecule has 0 radical (unpaired) electrons. The maximum atomic E-state index is 13.8. The number of halogens is 1. The molecule has 1 aromatic heterocycles. The molecule has 0 bridgehead atoms. The highest BCUT2D eigenvalue weighted by molar-refractivity contribution is 5.71. The highest BCUT2D eigenvalue weighted by Crippen LogP contribution is 2.26. The minimum Gasteiger partial charge on any atom is -0.256 e. The SMILES string of the molecule is Fc1ccccc1-c1cccc(-c2ccccn2)c1. The zero-order chi connectivity index (χ0) is 13.1. The molecule has 19 heavy (non-hydrogen) atoms. The predicted octanol–water partition coefficient (Wildman–Crippen LogP) is 4.55. The van der Waals surface area contributed by atoms with E-state index in [1.54, 1.807) is 18.3 Å². The van der Waals surface area contributed by atoms with Gasteiger partial charge in [-0.2, -0.15) is 0 Å². The van der Waals surface area contributed by atoms with Crippen LogP contribution in [0.3, 0.4) is 0 Å². The van der Waals surface area contributed by atoms with E-state index in [9.17, 15) is 4.39 Å². The molecule has 0 aliphatic rings. The topological polar surface area (TPSA) is 12.9 Å². The van der Waals surface area contributed by atoms with E-state index in [1.165, 1.54) is 6.07 Å². The fraction of sp³-hybridized carbons (Fsp3) is 0. The van der Waals surface area contributed by atoms with E-state index >= 15 is 0 Å². The third-order valence-electron chi connectivity index (χ3n) is 3.01. The summed E-state index contributed by atoms with van der Waals surface area (Å²) in [5.74, 6) is -0.208. The van der Waals surface area contributed by atoms with Crippen LogP contribution in [-0.2, 0) is 0 Å². The predicted molar refractivity (Wildman–Crippen MR) is 75.1 cm³/mol. The smallest absolute Gasteiger partial charge is 0.131 e. The minimum atomic E-state index is -0.208. The van der Waals surface area contributed by atoms with Gasteiger partial charge >= 0.3 is 0 Å². The summed E-state index contributed by atoms with van der Waals surface area (Å²) < 4.78 is 13.8. The Bertz CT molecular complexity index is 692. The van der Waals surface area contributed by atoms with E-state index in [4.69, 9.17) is 0 Å². The summed E-state index contributed by atoms with van der Waals surface area (Å²) in [4.78, 5) is 4.31. The normalized spacial score (nSPS) is 10.4. The standard InChI is InChI=1S/C17H12FN/c18-16-9-2-1-8-15(16)13-6-5-7-14(12-13)17-10-3-4-11-19-17/h1-12H. The van der Waals surface area contributed by atoms with E-state index in [2.05, 4.69) is 4.98 Å². The number of hydrogen-bond acceptors (Lipinski definition) is 1. The Labute approximate surface area is 111 Å². The van der Waals surface area contributed by atoms with Gasteiger partial charge in [-0.25, -0.2) is 4.39 Å². The van der Waals surface area contributed by atoms with Crippen LogP contribution in [0.25, 0.3) is 22.4 Å². The van der Waals surface area contributed by atoms with Gasteiger partial charge in [0.05, 0.1) is 5.69 Å². The molecule has 2 heteroatoms. The van der Waals surface area contributed by atoms with Crippen LogP contribution >= 0.6 is 0 Å². The largest absolute Gasteiger partial charge is 0.256 e. The first-order valence-electron chi connectivity index (χ1n) is 6.11. The zero-order valence-corrected chi connectivity index (χ0v) is 10.3. The van der Waals surface area contributed by atoms with Crippen molar-refractivity contribution in [3.63, 3.8) is 0 Å². The van der Waals surface area contributed by atoms with Gasteiger partial charge in [0.15, 0.2) is 0 Å². The lowest BCUT2D eigenvalue weighted by Crippen LogP contribution is -1.86. The van der Waals surface area contributed by atoms with Crippen LogP contribution in [0.15, 0.2) is 72.9 Å². The molecule has 2 aromatic carbocycles. The van der Waals surface area contributed by atoms with Gasteiger partial charge in [-0.15, -0.1) is 0 Å². The quantitative estimate of drug-likeness (QED) is 0.649. The molecule has 0 atom stereocenters. The molecule has 0 N–H and O–H groups in total. The molecule has 0 spiro atoms. The molecule has 0 unspecified atom stereocenters. The Hall–Kier alpha value is -2.48. The van der Waals surface area contributed by atoms with E-state index in [0.29, 0.717) is 5.56 Å². The number of pyridine rings is 1. The van der Waals surface area contributed by atoms with Gasteiger partial charge in [0.2, 0.25) is 0 Å². The third kappa shape index (κ3) is 2.38. The fourth-order valence-electron chi connectivity index (χ4n) is 2.07. The fourth-order valence-corrected chi connectivity index (χ4v) is 2.07. The second kappa shape index (κ2) is 5.02. The van der Waals surface area contributed by atoms with Gasteiger partial charge in [0.1, 0.15) is 5.82 Å². The molecule has 3 aromatic rings. The lowest BCUT2D eigenvalue weighted by atomic mass is 10.0. The molecule has 0 aliphatic heterocycles. The van der Waals surface area contributed by atoms with Crippen molar-refractivity contribution >= 4 is 0 Å². The van der Waals surface area contributed by atoms with Crippen LogP contribution in [0.4, 0.5) is 4.39 Å². The Morgan fingerprint density at radius 1 is 0.737 bits per heavy atom. The maximum absolute atomic E-state index is 13.8. The second-order valence-electron chi connectivity index (χ2n) is 4.28. The molecule has 0 aliphatic carbocycles. The monoisotopic (exact) mass is 249 g/mol. The number of aromatic nitrogens is 1. The first kappa shape index (κ1) is 11.6. The molecular weight excluding hydrogens is 237 g/mol. The first-order valence-corrected chi connectivity index (χ1v) is 6.11. The number of nitrogens with zero attached hydrogens (tertiary/aromatic N) is 1. The van der Waals surface area contributed by atoms with E-state index in [0.717, 1.165) is 16.8 Å². The van der Waals surface area contributed by atoms with Crippen LogP contribution in [-0.4, -0.2) is 4.98 Å². The summed E-state index contributed by atoms with van der Waals surface area (Å²) in [5.41, 5.74) is 3.35. The van der Waals surface area contributed by atoms with Gasteiger partial charge in [-0.1, -0.05) is 42.5 Å². The minimum absolute atomic E-state index is 0.208. The lowest BCUT2D eigenvalue weighted by molar-refractivity contribution is 0.631. The van der Waals surface area contributed by atoms with Crippen molar-refractivity contribution in [2.45, 2.75) is 0 Å². The number of rotatable bonds is 2. The summed E-state index contributed by atoms with van der Waals surface area (Å²) in [5, 5.41) is 0. The highest BCUT2D eigenvalue weighted by Gasteiger charge is 2.05. The molecule has 92 valence electrons. The summed E-state index contributed by atoms with van der Waals surface area (Å²) >= 11 is 0. The van der Waals surface area contributed by atoms with Crippen molar-refractivity contribution < 1.29 is 4.39 Å². The second-order valence-corrected chi connectivity index (χ2v) is 4.28. The van der Waals surface area contributed by atoms with E-state index < -0.39 is 0 Å². The van der Waals surface area contributed by atoms with Gasteiger partial charge < -0.3 is 0 Å². The zero-order valence-electron chi connectivity index (χ0n) is 10.3. The average Bonchev–Trinajstić information content (AvgIpc) is 2.49.